The van der Waals surface area contributed by atoms with Gasteiger partial charge in [0.1, 0.15) is 15.8 Å². The molecule has 0 radical (unpaired) electrons. The maximum atomic E-state index is 12.7. The summed E-state index contributed by atoms with van der Waals surface area (Å²) < 4.78 is 0. The molecule has 1 unspecified atom stereocenters. The number of aromatic nitrogens is 1. The van der Waals surface area contributed by atoms with Crippen LogP contribution in [0, 0.1) is 5.92 Å². The number of pyridine rings is 1. The van der Waals surface area contributed by atoms with Crippen LogP contribution in [0.1, 0.15) is 25.7 Å². The number of piperazine rings is 1. The zero-order valence-electron chi connectivity index (χ0n) is 15.2. The number of anilines is 1. The molecule has 0 bridgehead atoms. The van der Waals surface area contributed by atoms with Gasteiger partial charge in [0.2, 0.25) is 5.91 Å². The fourth-order valence-electron chi connectivity index (χ4n) is 4.06. The molecule has 8 nitrogen and oxygen atoms in total. The topological polar surface area (TPSA) is 94.6 Å². The van der Waals surface area contributed by atoms with Crippen LogP contribution >= 0.6 is 23.2 Å². The first-order chi connectivity index (χ1) is 13.4. The van der Waals surface area contributed by atoms with E-state index in [0.717, 1.165) is 18.5 Å². The number of carbonyl (C=O) groups is 3. The molecule has 1 aliphatic carbocycles. The van der Waals surface area contributed by atoms with E-state index in [9.17, 15) is 14.4 Å². The number of hydrogen-bond donors (Lipinski definition) is 2. The van der Waals surface area contributed by atoms with Crippen molar-refractivity contribution in [2.75, 3.05) is 31.1 Å². The van der Waals surface area contributed by atoms with E-state index in [0.29, 0.717) is 42.9 Å². The number of hydrogen-bond acceptors (Lipinski definition) is 5. The van der Waals surface area contributed by atoms with Crippen molar-refractivity contribution in [3.05, 3.63) is 22.4 Å². The van der Waals surface area contributed by atoms with Crippen LogP contribution in [0.5, 0.6) is 0 Å². The minimum atomic E-state index is -0.918. The van der Waals surface area contributed by atoms with Gasteiger partial charge < -0.3 is 15.1 Å². The van der Waals surface area contributed by atoms with Gasteiger partial charge in [-0.1, -0.05) is 23.2 Å². The normalized spacial score (nSPS) is 24.9. The number of urea groups is 1. The second-order valence-corrected chi connectivity index (χ2v) is 8.27. The predicted octanol–water partition coefficient (Wildman–Crippen LogP) is 1.81. The van der Waals surface area contributed by atoms with Gasteiger partial charge in [-0.3, -0.25) is 14.9 Å². The number of imide groups is 1. The third kappa shape index (κ3) is 3.75. The van der Waals surface area contributed by atoms with Gasteiger partial charge in [-0.2, -0.15) is 0 Å². The van der Waals surface area contributed by atoms with Gasteiger partial charge in [0.05, 0.1) is 0 Å². The van der Waals surface area contributed by atoms with Crippen molar-refractivity contribution in [2.24, 2.45) is 5.92 Å². The third-order valence-electron chi connectivity index (χ3n) is 5.72. The molecule has 3 heterocycles. The number of carbonyl (C=O) groups excluding carboxylic acids is 3. The minimum absolute atomic E-state index is 0.000540. The summed E-state index contributed by atoms with van der Waals surface area (Å²) in [5.74, 6) is -0.173. The largest absolute Gasteiger partial charge is 0.368 e. The Morgan fingerprint density at radius 2 is 1.79 bits per heavy atom. The predicted molar refractivity (Wildman–Crippen MR) is 104 cm³/mol. The van der Waals surface area contributed by atoms with E-state index in [4.69, 9.17) is 23.2 Å². The lowest BCUT2D eigenvalue weighted by Gasteiger charge is -2.36. The van der Waals surface area contributed by atoms with Crippen molar-refractivity contribution in [2.45, 2.75) is 31.2 Å². The third-order valence-corrected chi connectivity index (χ3v) is 6.11. The van der Waals surface area contributed by atoms with Crippen LogP contribution in [0.15, 0.2) is 12.1 Å². The first-order valence-corrected chi connectivity index (χ1v) is 10.1. The zero-order chi connectivity index (χ0) is 19.9. The molecule has 10 heteroatoms. The molecule has 2 saturated heterocycles. The number of amides is 4. The fourth-order valence-corrected chi connectivity index (χ4v) is 4.51. The molecule has 1 aromatic heterocycles. The smallest absolute Gasteiger partial charge is 0.322 e. The highest BCUT2D eigenvalue weighted by Crippen LogP contribution is 2.43. The Kier molecular flexibility index (Phi) is 5.09. The van der Waals surface area contributed by atoms with Gasteiger partial charge in [0.25, 0.3) is 5.91 Å². The Morgan fingerprint density at radius 1 is 1.14 bits per heavy atom. The van der Waals surface area contributed by atoms with E-state index in [1.165, 1.54) is 0 Å². The molecule has 1 saturated carbocycles. The lowest BCUT2D eigenvalue weighted by Crippen LogP contribution is -2.51. The van der Waals surface area contributed by atoms with Crippen LogP contribution < -0.4 is 15.5 Å². The number of halogens is 2. The average molecular weight is 426 g/mol. The Balaban J connectivity index is 1.33. The van der Waals surface area contributed by atoms with Crippen LogP contribution in [-0.2, 0) is 9.59 Å². The monoisotopic (exact) mass is 425 g/mol. The first-order valence-electron chi connectivity index (χ1n) is 9.37. The molecule has 4 amide bonds. The summed E-state index contributed by atoms with van der Waals surface area (Å²) in [6.07, 6.45) is 2.37. The van der Waals surface area contributed by atoms with Crippen LogP contribution in [0.3, 0.4) is 0 Å². The van der Waals surface area contributed by atoms with Crippen molar-refractivity contribution in [3.8, 4) is 0 Å². The minimum Gasteiger partial charge on any atom is -0.368 e. The van der Waals surface area contributed by atoms with Crippen molar-refractivity contribution >= 4 is 46.7 Å². The maximum absolute atomic E-state index is 12.7. The second-order valence-electron chi connectivity index (χ2n) is 7.49. The van der Waals surface area contributed by atoms with Crippen LogP contribution in [-0.4, -0.2) is 59.4 Å². The van der Waals surface area contributed by atoms with Gasteiger partial charge in [0, 0.05) is 38.3 Å². The quantitative estimate of drug-likeness (QED) is 0.553. The Labute approximate surface area is 172 Å². The number of nitrogens with one attached hydrogen (secondary N) is 2. The molecule has 2 aliphatic heterocycles. The lowest BCUT2D eigenvalue weighted by molar-refractivity contribution is -0.132. The molecule has 2 N–H and O–H groups in total. The van der Waals surface area contributed by atoms with Gasteiger partial charge in [-0.05, 0) is 37.3 Å². The van der Waals surface area contributed by atoms with Crippen LogP contribution in [0.25, 0.3) is 0 Å². The van der Waals surface area contributed by atoms with Gasteiger partial charge >= 0.3 is 6.03 Å². The van der Waals surface area contributed by atoms with E-state index in [1.54, 1.807) is 17.0 Å². The first kappa shape index (κ1) is 19.3. The summed E-state index contributed by atoms with van der Waals surface area (Å²) in [6, 6.07) is 3.05. The number of nitrogens with zero attached hydrogens (tertiary/aromatic N) is 3. The molecule has 1 atom stereocenters. The molecular formula is C18H21Cl2N5O3. The summed E-state index contributed by atoms with van der Waals surface area (Å²) in [5.41, 5.74) is -0.0332. The highest BCUT2D eigenvalue weighted by Gasteiger charge is 2.55. The molecule has 28 heavy (non-hydrogen) atoms. The molecular weight excluding hydrogens is 405 g/mol. The summed E-state index contributed by atoms with van der Waals surface area (Å²) in [4.78, 5) is 44.4. The lowest BCUT2D eigenvalue weighted by atomic mass is 9.87. The van der Waals surface area contributed by atoms with Gasteiger partial charge in [-0.15, -0.1) is 0 Å². The number of rotatable bonds is 5. The highest BCUT2D eigenvalue weighted by atomic mass is 35.5. The molecule has 0 spiro atoms. The molecule has 3 fully saturated rings. The van der Waals surface area contributed by atoms with Crippen molar-refractivity contribution in [3.63, 3.8) is 0 Å². The molecule has 0 aromatic carbocycles. The SMILES string of the molecule is O=C1NC(=O)C(CCC(=O)N2CCN(c3cc(Cl)nc(Cl)c3)CC2)(C2CC2)N1. The average Bonchev–Trinajstić information content (AvgIpc) is 3.45. The second kappa shape index (κ2) is 7.40. The van der Waals surface area contributed by atoms with Crippen molar-refractivity contribution < 1.29 is 14.4 Å². The zero-order valence-corrected chi connectivity index (χ0v) is 16.7. The molecule has 4 rings (SSSR count). The molecule has 150 valence electrons. The maximum Gasteiger partial charge on any atom is 0.322 e. The Bertz CT molecular complexity index is 803. The Hall–Kier alpha value is -2.06. The van der Waals surface area contributed by atoms with E-state index >= 15 is 0 Å². The van der Waals surface area contributed by atoms with E-state index in [-0.39, 0.29) is 24.2 Å². The van der Waals surface area contributed by atoms with Crippen molar-refractivity contribution in [1.82, 2.24) is 20.5 Å². The fraction of sp³-hybridized carbons (Fsp3) is 0.556. The van der Waals surface area contributed by atoms with E-state index in [1.807, 2.05) is 0 Å². The van der Waals surface area contributed by atoms with E-state index in [2.05, 4.69) is 20.5 Å². The molecule has 1 aromatic rings. The van der Waals surface area contributed by atoms with Gasteiger partial charge in [0.15, 0.2) is 0 Å². The molecule has 3 aliphatic rings. The van der Waals surface area contributed by atoms with E-state index < -0.39 is 11.6 Å². The van der Waals surface area contributed by atoms with Crippen LogP contribution in [0.2, 0.25) is 10.3 Å². The van der Waals surface area contributed by atoms with Crippen LogP contribution in [0.4, 0.5) is 10.5 Å². The van der Waals surface area contributed by atoms with Gasteiger partial charge in [-0.25, -0.2) is 9.78 Å². The summed E-state index contributed by atoms with van der Waals surface area (Å²) in [7, 11) is 0. The van der Waals surface area contributed by atoms with Crippen molar-refractivity contribution in [1.29, 1.82) is 0 Å². The highest BCUT2D eigenvalue weighted by molar-refractivity contribution is 6.32. The summed E-state index contributed by atoms with van der Waals surface area (Å²) in [6.45, 7) is 2.47. The Morgan fingerprint density at radius 3 is 2.32 bits per heavy atom. The summed E-state index contributed by atoms with van der Waals surface area (Å²) >= 11 is 11.9. The standard InChI is InChI=1S/C18H21Cl2N5O3/c19-13-9-12(10-14(20)21-13)24-5-7-25(8-6-24)15(26)3-4-18(11-1-2-11)16(27)22-17(28)23-18/h9-11H,1-8H2,(H2,22,23,27,28). The summed E-state index contributed by atoms with van der Waals surface area (Å²) in [5, 5.41) is 5.76.